The predicted molar refractivity (Wildman–Crippen MR) is 41.7 cm³/mol. The van der Waals surface area contributed by atoms with Gasteiger partial charge in [-0.3, -0.25) is 4.79 Å². The molecule has 1 aromatic carbocycles. The van der Waals surface area contributed by atoms with Crippen molar-refractivity contribution in [2.75, 3.05) is 0 Å². The van der Waals surface area contributed by atoms with E-state index in [9.17, 15) is 22.4 Å². The number of halogens is 4. The summed E-state index contributed by atoms with van der Waals surface area (Å²) in [6, 6.07) is 3.85. The summed E-state index contributed by atoms with van der Waals surface area (Å²) in [5.74, 6) is -1.51. The molecule has 1 N–H and O–H groups in total. The molecule has 3 nitrogen and oxygen atoms in total. The van der Waals surface area contributed by atoms with Crippen molar-refractivity contribution in [1.82, 2.24) is 5.54 Å². The van der Waals surface area contributed by atoms with Gasteiger partial charge in [0.15, 0.2) is 0 Å². The predicted octanol–water partition coefficient (Wildman–Crippen LogP) is 2.20. The van der Waals surface area contributed by atoms with Gasteiger partial charge in [-0.2, -0.15) is 5.54 Å². The van der Waals surface area contributed by atoms with Crippen LogP contribution in [0.3, 0.4) is 0 Å². The van der Waals surface area contributed by atoms with Gasteiger partial charge < -0.3 is 4.74 Å². The van der Waals surface area contributed by atoms with Crippen molar-refractivity contribution >= 4 is 5.91 Å². The van der Waals surface area contributed by atoms with Crippen LogP contribution in [-0.2, 0) is 0 Å². The van der Waals surface area contributed by atoms with Crippen molar-refractivity contribution in [3.63, 3.8) is 0 Å². The minimum absolute atomic E-state index is 0.105. The molecule has 0 radical (unpaired) electrons. The summed E-state index contributed by atoms with van der Waals surface area (Å²) in [5, 5.41) is 0. The Hall–Kier alpha value is -1.79. The second kappa shape index (κ2) is 4.16. The molecule has 0 aliphatic carbocycles. The lowest BCUT2D eigenvalue weighted by molar-refractivity contribution is -0.274. The molecule has 0 fully saturated rings. The molecule has 1 aromatic rings. The lowest BCUT2D eigenvalue weighted by atomic mass is 10.2. The van der Waals surface area contributed by atoms with Crippen LogP contribution in [0.5, 0.6) is 5.75 Å². The Kier molecular flexibility index (Phi) is 3.13. The average molecular weight is 223 g/mol. The van der Waals surface area contributed by atoms with Crippen LogP contribution in [0.4, 0.5) is 17.7 Å². The van der Waals surface area contributed by atoms with Crippen LogP contribution in [0.2, 0.25) is 0 Å². The molecule has 0 saturated heterocycles. The van der Waals surface area contributed by atoms with E-state index in [-0.39, 0.29) is 5.56 Å². The van der Waals surface area contributed by atoms with Crippen LogP contribution in [0.15, 0.2) is 24.3 Å². The molecule has 82 valence electrons. The molecule has 0 saturated carbocycles. The first kappa shape index (κ1) is 11.3. The Balaban J connectivity index is 2.77. The number of hydrogen-bond acceptors (Lipinski definition) is 2. The van der Waals surface area contributed by atoms with E-state index < -0.39 is 18.0 Å². The standard InChI is InChI=1S/C8H5F4NO2/c9-8(10,11)15-6-3-1-5(2-4-6)7(14)13-12/h1-4H,(H,13,14). The van der Waals surface area contributed by atoms with Gasteiger partial charge in [-0.25, -0.2) is 0 Å². The van der Waals surface area contributed by atoms with Crippen molar-refractivity contribution in [2.24, 2.45) is 0 Å². The smallest absolute Gasteiger partial charge is 0.406 e. The zero-order chi connectivity index (χ0) is 11.5. The van der Waals surface area contributed by atoms with Gasteiger partial charge in [0.1, 0.15) is 5.75 Å². The van der Waals surface area contributed by atoms with Gasteiger partial charge >= 0.3 is 6.36 Å². The first-order valence-corrected chi connectivity index (χ1v) is 3.69. The first-order chi connectivity index (χ1) is 6.92. The third-order valence-electron chi connectivity index (χ3n) is 1.44. The zero-order valence-electron chi connectivity index (χ0n) is 7.14. The fourth-order valence-electron chi connectivity index (χ4n) is 0.863. The largest absolute Gasteiger partial charge is 0.573 e. The quantitative estimate of drug-likeness (QED) is 0.616. The molecule has 7 heteroatoms. The number of rotatable bonds is 2. The Morgan fingerprint density at radius 3 is 2.13 bits per heavy atom. The third-order valence-corrected chi connectivity index (χ3v) is 1.44. The monoisotopic (exact) mass is 223 g/mol. The molecular formula is C8H5F4NO2. The molecule has 0 aliphatic heterocycles. The third kappa shape index (κ3) is 3.45. The summed E-state index contributed by atoms with van der Waals surface area (Å²) in [4.78, 5) is 10.7. The van der Waals surface area contributed by atoms with Crippen LogP contribution < -0.4 is 10.3 Å². The highest BCUT2D eigenvalue weighted by molar-refractivity contribution is 5.93. The molecule has 0 bridgehead atoms. The number of carbonyl (C=O) groups is 1. The Bertz CT molecular complexity index is 347. The fourth-order valence-corrected chi connectivity index (χ4v) is 0.863. The number of hydrogen-bond donors (Lipinski definition) is 1. The number of nitrogens with one attached hydrogen (secondary N) is 1. The highest BCUT2D eigenvalue weighted by Gasteiger charge is 2.30. The van der Waals surface area contributed by atoms with Gasteiger partial charge in [0.2, 0.25) is 0 Å². The molecule has 0 heterocycles. The van der Waals surface area contributed by atoms with Gasteiger partial charge in [0, 0.05) is 5.56 Å². The number of benzene rings is 1. The van der Waals surface area contributed by atoms with Crippen LogP contribution in [-0.4, -0.2) is 12.3 Å². The average Bonchev–Trinajstić information content (AvgIpc) is 2.15. The summed E-state index contributed by atoms with van der Waals surface area (Å²) in [6.45, 7) is 0. The summed E-state index contributed by atoms with van der Waals surface area (Å²) >= 11 is 0. The normalized spacial score (nSPS) is 10.9. The van der Waals surface area contributed by atoms with Crippen LogP contribution in [0, 0.1) is 0 Å². The minimum Gasteiger partial charge on any atom is -0.406 e. The number of carbonyl (C=O) groups excluding carboxylic acids is 1. The van der Waals surface area contributed by atoms with Crippen LogP contribution in [0.1, 0.15) is 10.4 Å². The number of alkyl halides is 3. The maximum Gasteiger partial charge on any atom is 0.573 e. The summed E-state index contributed by atoms with van der Waals surface area (Å²) < 4.78 is 50.3. The SMILES string of the molecule is O=C(NF)c1ccc(OC(F)(F)F)cc1. The molecule has 0 atom stereocenters. The van der Waals surface area contributed by atoms with Gasteiger partial charge in [-0.1, -0.05) is 4.48 Å². The Morgan fingerprint density at radius 1 is 1.20 bits per heavy atom. The van der Waals surface area contributed by atoms with Crippen molar-refractivity contribution in [3.8, 4) is 5.75 Å². The lowest BCUT2D eigenvalue weighted by Crippen LogP contribution is -2.17. The van der Waals surface area contributed by atoms with Crippen LogP contribution in [0.25, 0.3) is 0 Å². The maximum absolute atomic E-state index is 11.7. The highest BCUT2D eigenvalue weighted by Crippen LogP contribution is 2.22. The van der Waals surface area contributed by atoms with E-state index in [1.807, 2.05) is 0 Å². The van der Waals surface area contributed by atoms with E-state index in [0.29, 0.717) is 0 Å². The van der Waals surface area contributed by atoms with Gasteiger partial charge in [-0.15, -0.1) is 13.2 Å². The van der Waals surface area contributed by atoms with E-state index in [4.69, 9.17) is 0 Å². The molecule has 0 unspecified atom stereocenters. The fraction of sp³-hybridized carbons (Fsp3) is 0.125. The van der Waals surface area contributed by atoms with E-state index in [1.54, 1.807) is 0 Å². The van der Waals surface area contributed by atoms with E-state index in [0.717, 1.165) is 29.8 Å². The van der Waals surface area contributed by atoms with Gasteiger partial charge in [-0.05, 0) is 24.3 Å². The van der Waals surface area contributed by atoms with Crippen molar-refractivity contribution in [1.29, 1.82) is 0 Å². The van der Waals surface area contributed by atoms with Crippen molar-refractivity contribution in [2.45, 2.75) is 6.36 Å². The van der Waals surface area contributed by atoms with E-state index in [1.165, 1.54) is 0 Å². The highest BCUT2D eigenvalue weighted by atomic mass is 19.4. The zero-order valence-corrected chi connectivity index (χ0v) is 7.14. The molecule has 0 aliphatic rings. The van der Waals surface area contributed by atoms with E-state index >= 15 is 0 Å². The molecule has 0 aromatic heterocycles. The Morgan fingerprint density at radius 2 is 1.73 bits per heavy atom. The van der Waals surface area contributed by atoms with Crippen molar-refractivity contribution < 1.29 is 27.2 Å². The summed E-state index contributed by atoms with van der Waals surface area (Å²) in [5.41, 5.74) is 0.742. The molecule has 15 heavy (non-hydrogen) atoms. The molecule has 0 spiro atoms. The van der Waals surface area contributed by atoms with Crippen LogP contribution >= 0.6 is 0 Å². The molecule has 1 amide bonds. The molecular weight excluding hydrogens is 218 g/mol. The van der Waals surface area contributed by atoms with Crippen molar-refractivity contribution in [3.05, 3.63) is 29.8 Å². The topological polar surface area (TPSA) is 38.3 Å². The van der Waals surface area contributed by atoms with Gasteiger partial charge in [0.25, 0.3) is 5.91 Å². The van der Waals surface area contributed by atoms with E-state index in [2.05, 4.69) is 4.74 Å². The number of ether oxygens (including phenoxy) is 1. The minimum atomic E-state index is -4.79. The van der Waals surface area contributed by atoms with Gasteiger partial charge in [0.05, 0.1) is 0 Å². The second-order valence-corrected chi connectivity index (χ2v) is 2.50. The Labute approximate surface area is 81.6 Å². The first-order valence-electron chi connectivity index (χ1n) is 3.69. The lowest BCUT2D eigenvalue weighted by Gasteiger charge is -2.08. The number of amides is 1. The summed E-state index contributed by atoms with van der Waals surface area (Å²) in [6.07, 6.45) is -4.79. The second-order valence-electron chi connectivity index (χ2n) is 2.50. The maximum atomic E-state index is 11.7. The summed E-state index contributed by atoms with van der Waals surface area (Å²) in [7, 11) is 0. The molecule has 1 rings (SSSR count).